The lowest BCUT2D eigenvalue weighted by Crippen LogP contribution is -2.07. The largest absolute Gasteiger partial charge is 0.361 e. The molecule has 1 aromatic heterocycles. The molecule has 3 heteroatoms. The summed E-state index contributed by atoms with van der Waals surface area (Å²) in [5, 5.41) is 6.50. The van der Waals surface area contributed by atoms with Gasteiger partial charge in [0, 0.05) is 17.5 Å². The highest BCUT2D eigenvalue weighted by Gasteiger charge is 2.05. The van der Waals surface area contributed by atoms with E-state index in [1.165, 1.54) is 16.7 Å². The molecule has 1 N–H and O–H groups in total. The number of anilines is 1. The second kappa shape index (κ2) is 5.53. The van der Waals surface area contributed by atoms with Crippen molar-refractivity contribution in [3.8, 4) is 11.3 Å². The molecule has 96 valence electrons. The molecule has 2 rings (SSSR count). The maximum Gasteiger partial charge on any atom is 0.183 e. The molecule has 0 radical (unpaired) electrons. The van der Waals surface area contributed by atoms with E-state index in [2.05, 4.69) is 61.6 Å². The molecule has 0 aliphatic rings. The predicted octanol–water partition coefficient (Wildman–Crippen LogP) is 4.49. The van der Waals surface area contributed by atoms with Crippen molar-refractivity contribution in [1.29, 1.82) is 0 Å². The monoisotopic (exact) mass is 260 g/mol. The van der Waals surface area contributed by atoms with Crippen molar-refractivity contribution in [3.05, 3.63) is 34.7 Å². The molecule has 2 nitrogen and oxygen atoms in total. The van der Waals surface area contributed by atoms with Gasteiger partial charge in [0.25, 0.3) is 0 Å². The Morgan fingerprint density at radius 3 is 2.67 bits per heavy atom. The van der Waals surface area contributed by atoms with Crippen LogP contribution in [-0.2, 0) is 0 Å². The summed E-state index contributed by atoms with van der Waals surface area (Å²) in [4.78, 5) is 4.63. The first-order valence-corrected chi connectivity index (χ1v) is 7.21. The molecular formula is C15H20N2S. The van der Waals surface area contributed by atoms with Crippen LogP contribution in [0.1, 0.15) is 25.0 Å². The molecule has 2 aromatic rings. The van der Waals surface area contributed by atoms with Gasteiger partial charge in [-0.25, -0.2) is 4.98 Å². The van der Waals surface area contributed by atoms with Crippen molar-refractivity contribution in [2.75, 3.05) is 11.9 Å². The standard InChI is InChI=1S/C15H20N2S/c1-10(2)8-16-15-17-14(9-18-15)13-6-5-11(3)12(4)7-13/h5-7,9-10H,8H2,1-4H3,(H,16,17). The molecule has 0 aliphatic carbocycles. The zero-order valence-corrected chi connectivity index (χ0v) is 12.3. The fourth-order valence-corrected chi connectivity index (χ4v) is 2.41. The Kier molecular flexibility index (Phi) is 4.02. The van der Waals surface area contributed by atoms with Crippen molar-refractivity contribution in [1.82, 2.24) is 4.98 Å². The first-order valence-electron chi connectivity index (χ1n) is 6.33. The zero-order chi connectivity index (χ0) is 13.1. The maximum atomic E-state index is 4.63. The molecule has 0 saturated heterocycles. The molecule has 0 amide bonds. The van der Waals surface area contributed by atoms with Crippen molar-refractivity contribution < 1.29 is 0 Å². The third kappa shape index (κ3) is 3.10. The van der Waals surface area contributed by atoms with E-state index in [-0.39, 0.29) is 0 Å². The van der Waals surface area contributed by atoms with Gasteiger partial charge >= 0.3 is 0 Å². The van der Waals surface area contributed by atoms with Crippen LogP contribution in [0.25, 0.3) is 11.3 Å². The molecule has 1 heterocycles. The summed E-state index contributed by atoms with van der Waals surface area (Å²) in [6, 6.07) is 6.51. The van der Waals surface area contributed by atoms with Crippen LogP contribution >= 0.6 is 11.3 Å². The number of hydrogen-bond acceptors (Lipinski definition) is 3. The van der Waals surface area contributed by atoms with Crippen molar-refractivity contribution >= 4 is 16.5 Å². The third-order valence-corrected chi connectivity index (χ3v) is 3.77. The number of benzene rings is 1. The first kappa shape index (κ1) is 13.1. The Bertz CT molecular complexity index is 529. The summed E-state index contributed by atoms with van der Waals surface area (Å²) in [5.41, 5.74) is 4.91. The number of nitrogens with zero attached hydrogens (tertiary/aromatic N) is 1. The summed E-state index contributed by atoms with van der Waals surface area (Å²) in [5.74, 6) is 0.638. The minimum Gasteiger partial charge on any atom is -0.361 e. The van der Waals surface area contributed by atoms with Crippen LogP contribution in [-0.4, -0.2) is 11.5 Å². The normalized spacial score (nSPS) is 10.9. The second-order valence-electron chi connectivity index (χ2n) is 5.11. The van der Waals surface area contributed by atoms with Crippen LogP contribution in [0.4, 0.5) is 5.13 Å². The molecule has 18 heavy (non-hydrogen) atoms. The van der Waals surface area contributed by atoms with E-state index >= 15 is 0 Å². The van der Waals surface area contributed by atoms with E-state index in [4.69, 9.17) is 0 Å². The summed E-state index contributed by atoms with van der Waals surface area (Å²) in [6.07, 6.45) is 0. The van der Waals surface area contributed by atoms with Crippen molar-refractivity contribution in [2.45, 2.75) is 27.7 Å². The van der Waals surface area contributed by atoms with Gasteiger partial charge in [0.2, 0.25) is 0 Å². The van der Waals surface area contributed by atoms with Crippen LogP contribution in [0.5, 0.6) is 0 Å². The number of rotatable bonds is 4. The van der Waals surface area contributed by atoms with Crippen LogP contribution in [0.15, 0.2) is 23.6 Å². The molecule has 0 aliphatic heterocycles. The molecule has 0 bridgehead atoms. The second-order valence-corrected chi connectivity index (χ2v) is 5.97. The fraction of sp³-hybridized carbons (Fsp3) is 0.400. The van der Waals surface area contributed by atoms with Crippen LogP contribution in [0.2, 0.25) is 0 Å². The minimum atomic E-state index is 0.638. The highest BCUT2D eigenvalue weighted by Crippen LogP contribution is 2.26. The van der Waals surface area contributed by atoms with E-state index in [0.29, 0.717) is 5.92 Å². The Labute approximate surface area is 113 Å². The topological polar surface area (TPSA) is 24.9 Å². The lowest BCUT2D eigenvalue weighted by Gasteiger charge is -2.05. The Balaban J connectivity index is 2.16. The van der Waals surface area contributed by atoms with E-state index in [0.717, 1.165) is 17.4 Å². The quantitative estimate of drug-likeness (QED) is 0.875. The molecule has 0 saturated carbocycles. The summed E-state index contributed by atoms with van der Waals surface area (Å²) >= 11 is 1.67. The zero-order valence-electron chi connectivity index (χ0n) is 11.4. The third-order valence-electron chi connectivity index (χ3n) is 2.97. The van der Waals surface area contributed by atoms with Crippen molar-refractivity contribution in [2.24, 2.45) is 5.92 Å². The number of hydrogen-bond donors (Lipinski definition) is 1. The van der Waals surface area contributed by atoms with Gasteiger partial charge in [-0.1, -0.05) is 26.0 Å². The van der Waals surface area contributed by atoms with Crippen LogP contribution in [0, 0.1) is 19.8 Å². The highest BCUT2D eigenvalue weighted by atomic mass is 32.1. The van der Waals surface area contributed by atoms with Crippen molar-refractivity contribution in [3.63, 3.8) is 0 Å². The number of thiazole rings is 1. The minimum absolute atomic E-state index is 0.638. The summed E-state index contributed by atoms with van der Waals surface area (Å²) < 4.78 is 0. The summed E-state index contributed by atoms with van der Waals surface area (Å²) in [7, 11) is 0. The lowest BCUT2D eigenvalue weighted by atomic mass is 10.1. The maximum absolute atomic E-state index is 4.63. The Morgan fingerprint density at radius 2 is 2.00 bits per heavy atom. The van der Waals surface area contributed by atoms with Gasteiger partial charge in [-0.2, -0.15) is 0 Å². The smallest absolute Gasteiger partial charge is 0.183 e. The van der Waals surface area contributed by atoms with Gasteiger partial charge < -0.3 is 5.32 Å². The number of aromatic nitrogens is 1. The number of nitrogens with one attached hydrogen (secondary N) is 1. The predicted molar refractivity (Wildman–Crippen MR) is 80.4 cm³/mol. The van der Waals surface area contributed by atoms with Crippen LogP contribution in [0.3, 0.4) is 0 Å². The number of aryl methyl sites for hydroxylation is 2. The van der Waals surface area contributed by atoms with Gasteiger partial charge in [0.1, 0.15) is 0 Å². The Morgan fingerprint density at radius 1 is 1.22 bits per heavy atom. The first-order chi connectivity index (χ1) is 8.56. The average molecular weight is 260 g/mol. The van der Waals surface area contributed by atoms with E-state index in [9.17, 15) is 0 Å². The van der Waals surface area contributed by atoms with E-state index in [1.807, 2.05) is 0 Å². The van der Waals surface area contributed by atoms with E-state index < -0.39 is 0 Å². The van der Waals surface area contributed by atoms with Crippen LogP contribution < -0.4 is 5.32 Å². The van der Waals surface area contributed by atoms with Gasteiger partial charge in [0.05, 0.1) is 5.69 Å². The molecular weight excluding hydrogens is 240 g/mol. The molecule has 0 fully saturated rings. The van der Waals surface area contributed by atoms with Gasteiger partial charge in [-0.3, -0.25) is 0 Å². The molecule has 0 unspecified atom stereocenters. The highest BCUT2D eigenvalue weighted by molar-refractivity contribution is 7.14. The SMILES string of the molecule is Cc1ccc(-c2csc(NCC(C)C)n2)cc1C. The molecule has 1 aromatic carbocycles. The Hall–Kier alpha value is -1.35. The fourth-order valence-electron chi connectivity index (χ4n) is 1.68. The molecule has 0 spiro atoms. The van der Waals surface area contributed by atoms with Gasteiger partial charge in [-0.15, -0.1) is 11.3 Å². The van der Waals surface area contributed by atoms with Gasteiger partial charge in [0.15, 0.2) is 5.13 Å². The average Bonchev–Trinajstić information content (AvgIpc) is 2.79. The van der Waals surface area contributed by atoms with Gasteiger partial charge in [-0.05, 0) is 37.0 Å². The summed E-state index contributed by atoms with van der Waals surface area (Å²) in [6.45, 7) is 9.65. The molecule has 0 atom stereocenters. The van der Waals surface area contributed by atoms with E-state index in [1.54, 1.807) is 11.3 Å². The lowest BCUT2D eigenvalue weighted by molar-refractivity contribution is 0.688.